The summed E-state index contributed by atoms with van der Waals surface area (Å²) in [5.41, 5.74) is 4.84. The molecule has 0 fully saturated rings. The van der Waals surface area contributed by atoms with Crippen molar-refractivity contribution >= 4 is 12.1 Å². The van der Waals surface area contributed by atoms with Crippen LogP contribution in [0.4, 0.5) is 4.79 Å². The quantitative estimate of drug-likeness (QED) is 0.457. The molecule has 1 rings (SSSR count). The maximum atomic E-state index is 12.3. The summed E-state index contributed by atoms with van der Waals surface area (Å²) >= 11 is 0. The molecule has 0 saturated heterocycles. The summed E-state index contributed by atoms with van der Waals surface area (Å²) in [6.45, 7) is 5.82. The van der Waals surface area contributed by atoms with E-state index in [-0.39, 0.29) is 0 Å². The zero-order chi connectivity index (χ0) is 17.3. The van der Waals surface area contributed by atoms with Crippen LogP contribution < -0.4 is 15.8 Å². The van der Waals surface area contributed by atoms with E-state index in [1.165, 1.54) is 0 Å². The van der Waals surface area contributed by atoms with Crippen LogP contribution in [-0.4, -0.2) is 30.3 Å². The highest BCUT2D eigenvalue weighted by Gasteiger charge is 2.25. The van der Waals surface area contributed by atoms with E-state index in [2.05, 4.69) is 5.32 Å². The standard InChI is InChI=1S/C17H26N2O4/c1-17(2,3)23-16(21)19-14(11-7-8-12-18)15(20)22-13-9-5-4-6-10-13/h4-6,9-10,14H,7-8,11-12,18H2,1-3H3,(H,19,21)/t14-/m0/s1. The Balaban J connectivity index is 2.66. The highest BCUT2D eigenvalue weighted by atomic mass is 16.6. The van der Waals surface area contributed by atoms with Gasteiger partial charge >= 0.3 is 12.1 Å². The number of amides is 1. The fourth-order valence-electron chi connectivity index (χ4n) is 1.87. The van der Waals surface area contributed by atoms with Crippen molar-refractivity contribution in [3.05, 3.63) is 30.3 Å². The third kappa shape index (κ3) is 8.21. The number of rotatable bonds is 7. The molecular formula is C17H26N2O4. The van der Waals surface area contributed by atoms with Gasteiger partial charge in [0.25, 0.3) is 0 Å². The predicted octanol–water partition coefficient (Wildman–Crippen LogP) is 2.61. The van der Waals surface area contributed by atoms with Gasteiger partial charge in [-0.1, -0.05) is 18.2 Å². The number of hydrogen-bond donors (Lipinski definition) is 2. The largest absolute Gasteiger partial charge is 0.444 e. The fourth-order valence-corrected chi connectivity index (χ4v) is 1.87. The molecule has 0 radical (unpaired) electrons. The Morgan fingerprint density at radius 1 is 1.17 bits per heavy atom. The van der Waals surface area contributed by atoms with Gasteiger partial charge in [0, 0.05) is 0 Å². The van der Waals surface area contributed by atoms with Gasteiger partial charge in [-0.25, -0.2) is 9.59 Å². The molecule has 0 spiro atoms. The van der Waals surface area contributed by atoms with Gasteiger partial charge in [-0.3, -0.25) is 0 Å². The van der Waals surface area contributed by atoms with Crippen molar-refractivity contribution in [1.82, 2.24) is 5.32 Å². The molecule has 1 amide bonds. The lowest BCUT2D eigenvalue weighted by Crippen LogP contribution is -2.45. The molecule has 1 atom stereocenters. The molecule has 0 heterocycles. The van der Waals surface area contributed by atoms with Crippen LogP contribution >= 0.6 is 0 Å². The van der Waals surface area contributed by atoms with E-state index < -0.39 is 23.7 Å². The van der Waals surface area contributed by atoms with Gasteiger partial charge in [0.15, 0.2) is 0 Å². The molecule has 23 heavy (non-hydrogen) atoms. The number of alkyl carbamates (subject to hydrolysis) is 1. The van der Waals surface area contributed by atoms with Crippen molar-refractivity contribution in [1.29, 1.82) is 0 Å². The van der Waals surface area contributed by atoms with Gasteiger partial charge < -0.3 is 20.5 Å². The van der Waals surface area contributed by atoms with Gasteiger partial charge in [-0.15, -0.1) is 0 Å². The maximum absolute atomic E-state index is 12.3. The number of ether oxygens (including phenoxy) is 2. The lowest BCUT2D eigenvalue weighted by molar-refractivity contribution is -0.137. The van der Waals surface area contributed by atoms with Gasteiger partial charge in [0.1, 0.15) is 17.4 Å². The van der Waals surface area contributed by atoms with E-state index in [9.17, 15) is 9.59 Å². The number of nitrogens with one attached hydrogen (secondary N) is 1. The molecule has 3 N–H and O–H groups in total. The maximum Gasteiger partial charge on any atom is 0.408 e. The second kappa shape index (κ2) is 9.15. The summed E-state index contributed by atoms with van der Waals surface area (Å²) in [6.07, 6.45) is 1.29. The zero-order valence-electron chi connectivity index (χ0n) is 14.0. The van der Waals surface area contributed by atoms with Crippen molar-refractivity contribution in [2.75, 3.05) is 6.54 Å². The summed E-state index contributed by atoms with van der Waals surface area (Å²) in [6, 6.07) is 7.97. The summed E-state index contributed by atoms with van der Waals surface area (Å²) < 4.78 is 10.5. The molecule has 1 aromatic rings. The summed E-state index contributed by atoms with van der Waals surface area (Å²) in [4.78, 5) is 24.2. The highest BCUT2D eigenvalue weighted by Crippen LogP contribution is 2.12. The first-order chi connectivity index (χ1) is 10.8. The van der Waals surface area contributed by atoms with Crippen LogP contribution in [0.25, 0.3) is 0 Å². The van der Waals surface area contributed by atoms with E-state index in [0.717, 1.165) is 6.42 Å². The molecule has 6 heteroatoms. The normalized spacial score (nSPS) is 12.3. The molecule has 6 nitrogen and oxygen atoms in total. The number of carbonyl (C=O) groups excluding carboxylic acids is 2. The van der Waals surface area contributed by atoms with Crippen molar-refractivity contribution < 1.29 is 19.1 Å². The minimum atomic E-state index is -0.767. The SMILES string of the molecule is CC(C)(C)OC(=O)N[C@@H](CCCCN)C(=O)Oc1ccccc1. The number of carbonyl (C=O) groups is 2. The molecule has 0 saturated carbocycles. The Morgan fingerprint density at radius 2 is 1.83 bits per heavy atom. The van der Waals surface area contributed by atoms with Gasteiger partial charge in [-0.2, -0.15) is 0 Å². The Labute approximate surface area is 137 Å². The van der Waals surface area contributed by atoms with Crippen LogP contribution in [0.2, 0.25) is 0 Å². The summed E-state index contributed by atoms with van der Waals surface area (Å²) in [5.74, 6) is -0.0774. The molecule has 128 valence electrons. The number of para-hydroxylation sites is 1. The van der Waals surface area contributed by atoms with Crippen LogP contribution in [0.1, 0.15) is 40.0 Å². The van der Waals surface area contributed by atoms with E-state index in [1.54, 1.807) is 45.0 Å². The topological polar surface area (TPSA) is 90.6 Å². The lowest BCUT2D eigenvalue weighted by atomic mass is 10.1. The molecule has 1 aromatic carbocycles. The first-order valence-corrected chi connectivity index (χ1v) is 7.78. The Hall–Kier alpha value is -2.08. The second-order valence-electron chi connectivity index (χ2n) is 6.22. The van der Waals surface area contributed by atoms with E-state index in [0.29, 0.717) is 25.1 Å². The molecule has 0 aliphatic carbocycles. The van der Waals surface area contributed by atoms with Gasteiger partial charge in [0.05, 0.1) is 0 Å². The average Bonchev–Trinajstić information content (AvgIpc) is 2.45. The third-order valence-corrected chi connectivity index (χ3v) is 2.88. The van der Waals surface area contributed by atoms with Gasteiger partial charge in [-0.05, 0) is 58.7 Å². The van der Waals surface area contributed by atoms with Crippen LogP contribution in [0.15, 0.2) is 30.3 Å². The third-order valence-electron chi connectivity index (χ3n) is 2.88. The van der Waals surface area contributed by atoms with Crippen molar-refractivity contribution in [2.45, 2.75) is 51.7 Å². The summed E-state index contributed by atoms with van der Waals surface area (Å²) in [7, 11) is 0. The van der Waals surface area contributed by atoms with E-state index >= 15 is 0 Å². The number of benzene rings is 1. The van der Waals surface area contributed by atoms with E-state index in [4.69, 9.17) is 15.2 Å². The minimum absolute atomic E-state index is 0.437. The molecule has 0 bridgehead atoms. The molecule has 0 aliphatic rings. The van der Waals surface area contributed by atoms with Crippen LogP contribution in [0.5, 0.6) is 5.75 Å². The highest BCUT2D eigenvalue weighted by molar-refractivity contribution is 5.83. The van der Waals surface area contributed by atoms with Crippen LogP contribution in [-0.2, 0) is 9.53 Å². The Morgan fingerprint density at radius 3 is 2.39 bits per heavy atom. The smallest absolute Gasteiger partial charge is 0.408 e. The van der Waals surface area contributed by atoms with Crippen molar-refractivity contribution in [2.24, 2.45) is 5.73 Å². The first kappa shape index (κ1) is 19.0. The van der Waals surface area contributed by atoms with Crippen molar-refractivity contribution in [3.8, 4) is 5.75 Å². The molecule has 0 aromatic heterocycles. The second-order valence-corrected chi connectivity index (χ2v) is 6.22. The lowest BCUT2D eigenvalue weighted by Gasteiger charge is -2.23. The molecule has 0 aliphatic heterocycles. The number of unbranched alkanes of at least 4 members (excludes halogenated alkanes) is 1. The van der Waals surface area contributed by atoms with E-state index in [1.807, 2.05) is 6.07 Å². The Kier molecular flexibility index (Phi) is 7.54. The van der Waals surface area contributed by atoms with Crippen LogP contribution in [0, 0.1) is 0 Å². The van der Waals surface area contributed by atoms with Gasteiger partial charge in [0.2, 0.25) is 0 Å². The first-order valence-electron chi connectivity index (χ1n) is 7.78. The molecule has 0 unspecified atom stereocenters. The average molecular weight is 322 g/mol. The number of nitrogens with two attached hydrogens (primary N) is 1. The zero-order valence-corrected chi connectivity index (χ0v) is 14.0. The number of esters is 1. The Bertz CT molecular complexity index is 497. The predicted molar refractivity (Wildman–Crippen MR) is 88.1 cm³/mol. The van der Waals surface area contributed by atoms with Crippen molar-refractivity contribution in [3.63, 3.8) is 0 Å². The fraction of sp³-hybridized carbons (Fsp3) is 0.529. The minimum Gasteiger partial charge on any atom is -0.444 e. The molecular weight excluding hydrogens is 296 g/mol. The monoisotopic (exact) mass is 322 g/mol. The number of hydrogen-bond acceptors (Lipinski definition) is 5. The van der Waals surface area contributed by atoms with Crippen LogP contribution in [0.3, 0.4) is 0 Å². The summed E-state index contributed by atoms with van der Waals surface area (Å²) in [5, 5.41) is 2.58.